The van der Waals surface area contributed by atoms with E-state index in [1.807, 2.05) is 18.7 Å². The zero-order valence-corrected chi connectivity index (χ0v) is 13.0. The summed E-state index contributed by atoms with van der Waals surface area (Å²) in [5.74, 6) is 1.82. The summed E-state index contributed by atoms with van der Waals surface area (Å²) in [5.41, 5.74) is 0. The summed E-state index contributed by atoms with van der Waals surface area (Å²) in [7, 11) is 1.77. The Morgan fingerprint density at radius 2 is 1.70 bits per heavy atom. The van der Waals surface area contributed by atoms with Gasteiger partial charge in [-0.3, -0.25) is 0 Å². The zero-order chi connectivity index (χ0) is 15.1. The van der Waals surface area contributed by atoms with Crippen molar-refractivity contribution in [3.8, 4) is 0 Å². The van der Waals surface area contributed by atoms with Gasteiger partial charge in [0.25, 0.3) is 0 Å². The Kier molecular flexibility index (Phi) is 6.44. The van der Waals surface area contributed by atoms with Gasteiger partial charge >= 0.3 is 0 Å². The van der Waals surface area contributed by atoms with Crippen LogP contribution in [0.3, 0.4) is 0 Å². The van der Waals surface area contributed by atoms with E-state index < -0.39 is 6.10 Å². The summed E-state index contributed by atoms with van der Waals surface area (Å²) in [5, 5.41) is 15.8. The summed E-state index contributed by atoms with van der Waals surface area (Å²) in [6.45, 7) is 10.1. The van der Waals surface area contributed by atoms with Crippen LogP contribution in [-0.2, 0) is 0 Å². The van der Waals surface area contributed by atoms with Crippen molar-refractivity contribution in [2.75, 3.05) is 42.2 Å². The highest BCUT2D eigenvalue weighted by molar-refractivity contribution is 5.43. The monoisotopic (exact) mass is 282 g/mol. The molecule has 20 heavy (non-hydrogen) atoms. The molecule has 0 saturated carbocycles. The second-order valence-corrected chi connectivity index (χ2v) is 4.90. The van der Waals surface area contributed by atoms with E-state index in [1.54, 1.807) is 7.05 Å². The molecule has 3 N–H and O–H groups in total. The number of hydrogen-bond acceptors (Lipinski definition) is 7. The summed E-state index contributed by atoms with van der Waals surface area (Å²) in [6.07, 6.45) is -0.429. The number of anilines is 3. The van der Waals surface area contributed by atoms with Gasteiger partial charge in [-0.05, 0) is 19.8 Å². The van der Waals surface area contributed by atoms with Crippen LogP contribution < -0.4 is 15.5 Å². The molecule has 1 unspecified atom stereocenters. The Morgan fingerprint density at radius 1 is 1.10 bits per heavy atom. The minimum atomic E-state index is -0.429. The van der Waals surface area contributed by atoms with Crippen molar-refractivity contribution < 1.29 is 5.11 Å². The molecule has 0 bridgehead atoms. The number of rotatable bonds is 8. The van der Waals surface area contributed by atoms with Gasteiger partial charge in [-0.15, -0.1) is 0 Å². The van der Waals surface area contributed by atoms with E-state index in [1.165, 1.54) is 0 Å². The summed E-state index contributed by atoms with van der Waals surface area (Å²) in [6, 6.07) is 0. The summed E-state index contributed by atoms with van der Waals surface area (Å²) < 4.78 is 0. The number of nitrogens with zero attached hydrogens (tertiary/aromatic N) is 4. The van der Waals surface area contributed by atoms with Crippen LogP contribution in [0.2, 0.25) is 0 Å². The van der Waals surface area contributed by atoms with Crippen LogP contribution in [0.15, 0.2) is 0 Å². The second-order valence-electron chi connectivity index (χ2n) is 4.90. The highest BCUT2D eigenvalue weighted by atomic mass is 16.3. The van der Waals surface area contributed by atoms with Crippen molar-refractivity contribution in [3.05, 3.63) is 0 Å². The Bertz CT molecular complexity index is 408. The SMILES string of the molecule is CCN(CC)c1nc(NC)nc(NCC(O)C(C)C)n1. The summed E-state index contributed by atoms with van der Waals surface area (Å²) in [4.78, 5) is 15.0. The van der Waals surface area contributed by atoms with E-state index in [9.17, 15) is 5.11 Å². The first kappa shape index (κ1) is 16.4. The van der Waals surface area contributed by atoms with Crippen LogP contribution in [0.5, 0.6) is 0 Å². The maximum Gasteiger partial charge on any atom is 0.231 e. The summed E-state index contributed by atoms with van der Waals surface area (Å²) >= 11 is 0. The highest BCUT2D eigenvalue weighted by Crippen LogP contribution is 2.13. The second kappa shape index (κ2) is 7.84. The average Bonchev–Trinajstić information content (AvgIpc) is 2.45. The largest absolute Gasteiger partial charge is 0.391 e. The molecule has 0 saturated heterocycles. The minimum Gasteiger partial charge on any atom is -0.391 e. The third kappa shape index (κ3) is 4.48. The molecule has 0 aliphatic rings. The fraction of sp³-hybridized carbons (Fsp3) is 0.769. The normalized spacial score (nSPS) is 12.3. The Hall–Kier alpha value is -1.63. The predicted octanol–water partition coefficient (Wildman–Crippen LogP) is 1.19. The van der Waals surface area contributed by atoms with E-state index in [2.05, 4.69) is 39.4 Å². The predicted molar refractivity (Wildman–Crippen MR) is 82.3 cm³/mol. The third-order valence-electron chi connectivity index (χ3n) is 3.13. The van der Waals surface area contributed by atoms with Gasteiger partial charge in [0.2, 0.25) is 17.8 Å². The molecule has 7 nitrogen and oxygen atoms in total. The standard InChI is InChI=1S/C13H26N6O/c1-6-19(7-2)13-17-11(14-5)16-12(18-13)15-8-10(20)9(3)4/h9-10,20H,6-8H2,1-5H3,(H2,14,15,16,17,18). The minimum absolute atomic E-state index is 0.190. The van der Waals surface area contributed by atoms with Crippen molar-refractivity contribution in [1.29, 1.82) is 0 Å². The lowest BCUT2D eigenvalue weighted by atomic mass is 10.1. The van der Waals surface area contributed by atoms with Crippen LogP contribution in [0.1, 0.15) is 27.7 Å². The van der Waals surface area contributed by atoms with Gasteiger partial charge in [-0.2, -0.15) is 15.0 Å². The van der Waals surface area contributed by atoms with Gasteiger partial charge in [-0.1, -0.05) is 13.8 Å². The number of aliphatic hydroxyl groups is 1. The molecule has 1 atom stereocenters. The zero-order valence-electron chi connectivity index (χ0n) is 13.0. The molecule has 0 aromatic carbocycles. The van der Waals surface area contributed by atoms with Crippen molar-refractivity contribution >= 4 is 17.8 Å². The van der Waals surface area contributed by atoms with Gasteiger partial charge in [0.05, 0.1) is 6.10 Å². The number of nitrogens with one attached hydrogen (secondary N) is 2. The number of hydrogen-bond donors (Lipinski definition) is 3. The lowest BCUT2D eigenvalue weighted by Crippen LogP contribution is -2.28. The first-order valence-electron chi connectivity index (χ1n) is 7.12. The maximum absolute atomic E-state index is 9.83. The molecule has 0 fully saturated rings. The van der Waals surface area contributed by atoms with E-state index in [0.29, 0.717) is 24.4 Å². The molecule has 7 heteroatoms. The molecule has 1 rings (SSSR count). The molecule has 1 aromatic rings. The first-order valence-corrected chi connectivity index (χ1v) is 7.12. The quantitative estimate of drug-likeness (QED) is 0.660. The Balaban J connectivity index is 2.87. The van der Waals surface area contributed by atoms with Gasteiger partial charge < -0.3 is 20.6 Å². The van der Waals surface area contributed by atoms with Gasteiger partial charge in [0.1, 0.15) is 0 Å². The van der Waals surface area contributed by atoms with Crippen LogP contribution in [-0.4, -0.2) is 52.8 Å². The molecule has 114 valence electrons. The fourth-order valence-electron chi connectivity index (χ4n) is 1.64. The van der Waals surface area contributed by atoms with Gasteiger partial charge in [-0.25, -0.2) is 0 Å². The van der Waals surface area contributed by atoms with Crippen molar-refractivity contribution in [1.82, 2.24) is 15.0 Å². The van der Waals surface area contributed by atoms with E-state index >= 15 is 0 Å². The average molecular weight is 282 g/mol. The molecular formula is C13H26N6O. The van der Waals surface area contributed by atoms with Crippen molar-refractivity contribution in [3.63, 3.8) is 0 Å². The van der Waals surface area contributed by atoms with Gasteiger partial charge in [0.15, 0.2) is 0 Å². The van der Waals surface area contributed by atoms with Crippen LogP contribution in [0.4, 0.5) is 17.8 Å². The smallest absolute Gasteiger partial charge is 0.231 e. The van der Waals surface area contributed by atoms with Crippen LogP contribution in [0.25, 0.3) is 0 Å². The number of aromatic nitrogens is 3. The highest BCUT2D eigenvalue weighted by Gasteiger charge is 2.13. The van der Waals surface area contributed by atoms with Crippen molar-refractivity contribution in [2.24, 2.45) is 5.92 Å². The lowest BCUT2D eigenvalue weighted by molar-refractivity contribution is 0.137. The molecule has 0 radical (unpaired) electrons. The molecule has 0 spiro atoms. The fourth-order valence-corrected chi connectivity index (χ4v) is 1.64. The number of aliphatic hydroxyl groups excluding tert-OH is 1. The Morgan fingerprint density at radius 3 is 2.20 bits per heavy atom. The van der Waals surface area contributed by atoms with Crippen molar-refractivity contribution in [2.45, 2.75) is 33.8 Å². The topological polar surface area (TPSA) is 86.2 Å². The molecule has 1 aromatic heterocycles. The third-order valence-corrected chi connectivity index (χ3v) is 3.13. The van der Waals surface area contributed by atoms with Gasteiger partial charge in [0, 0.05) is 26.7 Å². The van der Waals surface area contributed by atoms with E-state index in [0.717, 1.165) is 13.1 Å². The Labute approximate surface area is 120 Å². The lowest BCUT2D eigenvalue weighted by Gasteiger charge is -2.20. The van der Waals surface area contributed by atoms with Crippen LogP contribution >= 0.6 is 0 Å². The molecule has 0 aliphatic heterocycles. The molecule has 0 aliphatic carbocycles. The van der Waals surface area contributed by atoms with E-state index in [-0.39, 0.29) is 5.92 Å². The first-order chi connectivity index (χ1) is 9.51. The molecule has 1 heterocycles. The molecular weight excluding hydrogens is 256 g/mol. The molecule has 0 amide bonds. The maximum atomic E-state index is 9.83. The van der Waals surface area contributed by atoms with Crippen LogP contribution in [0, 0.1) is 5.92 Å². The van der Waals surface area contributed by atoms with E-state index in [4.69, 9.17) is 0 Å².